The molecule has 100 valence electrons. The molecule has 0 saturated heterocycles. The van der Waals surface area contributed by atoms with E-state index in [9.17, 15) is 4.79 Å². The minimum atomic E-state index is -1.79. The molecule has 0 saturated carbocycles. The van der Waals surface area contributed by atoms with Gasteiger partial charge in [0.2, 0.25) is 5.82 Å². The van der Waals surface area contributed by atoms with E-state index in [1.807, 2.05) is 0 Å². The van der Waals surface area contributed by atoms with Crippen molar-refractivity contribution in [2.45, 2.75) is 17.3 Å². The number of halogens is 3. The second kappa shape index (κ2) is 6.77. The lowest BCUT2D eigenvalue weighted by Crippen LogP contribution is -2.05. The number of nitrogens with zero attached hydrogens (tertiary/aromatic N) is 3. The molecular formula is C8H8Cl3N3O4. The average molecular weight is 317 g/mol. The van der Waals surface area contributed by atoms with Gasteiger partial charge in [0.05, 0.1) is 6.61 Å². The van der Waals surface area contributed by atoms with Gasteiger partial charge in [-0.1, -0.05) is 45.1 Å². The molecule has 1 aromatic heterocycles. The van der Waals surface area contributed by atoms with Gasteiger partial charge in [0.15, 0.2) is 12.8 Å². The largest absolute Gasteiger partial charge is 0.462 e. The monoisotopic (exact) mass is 315 g/mol. The summed E-state index contributed by atoms with van der Waals surface area (Å²) in [4.78, 5) is 19.3. The third-order valence-electron chi connectivity index (χ3n) is 1.42. The van der Waals surface area contributed by atoms with Gasteiger partial charge in [0.25, 0.3) is 9.68 Å². The molecule has 0 radical (unpaired) electrons. The van der Waals surface area contributed by atoms with Crippen molar-refractivity contribution in [1.82, 2.24) is 10.1 Å². The van der Waals surface area contributed by atoms with Gasteiger partial charge in [-0.15, -0.1) is 0 Å². The van der Waals surface area contributed by atoms with Gasteiger partial charge in [0.1, 0.15) is 0 Å². The summed E-state index contributed by atoms with van der Waals surface area (Å²) >= 11 is 16.5. The molecule has 0 unspecified atom stereocenters. The predicted molar refractivity (Wildman–Crippen MR) is 63.4 cm³/mol. The van der Waals surface area contributed by atoms with Crippen LogP contribution in [-0.2, 0) is 24.8 Å². The molecule has 1 rings (SSSR count). The van der Waals surface area contributed by atoms with E-state index in [-0.39, 0.29) is 24.9 Å². The number of aromatic nitrogens is 2. The highest BCUT2D eigenvalue weighted by Crippen LogP contribution is 2.36. The minimum absolute atomic E-state index is 0.123. The van der Waals surface area contributed by atoms with Gasteiger partial charge in [-0.25, -0.2) is 4.79 Å². The van der Waals surface area contributed by atoms with Crippen molar-refractivity contribution in [1.29, 1.82) is 0 Å². The molecule has 7 nitrogen and oxygen atoms in total. The summed E-state index contributed by atoms with van der Waals surface area (Å²) < 4.78 is 7.45. The molecule has 0 aliphatic carbocycles. The Balaban J connectivity index is 2.41. The van der Waals surface area contributed by atoms with Crippen LogP contribution in [0.4, 0.5) is 0 Å². The number of ether oxygens (including phenoxy) is 1. The highest BCUT2D eigenvalue weighted by molar-refractivity contribution is 6.66. The molecule has 0 atom stereocenters. The van der Waals surface area contributed by atoms with E-state index in [2.05, 4.69) is 24.6 Å². The molecular weight excluding hydrogens is 308 g/mol. The highest BCUT2D eigenvalue weighted by Gasteiger charge is 2.30. The smallest absolute Gasteiger partial charge is 0.352 e. The molecule has 18 heavy (non-hydrogen) atoms. The van der Waals surface area contributed by atoms with Gasteiger partial charge in [0, 0.05) is 0 Å². The van der Waals surface area contributed by atoms with Gasteiger partial charge < -0.3 is 14.1 Å². The van der Waals surface area contributed by atoms with Gasteiger partial charge in [-0.3, -0.25) is 0 Å². The number of rotatable bonds is 5. The number of alkyl halides is 3. The van der Waals surface area contributed by atoms with Crippen LogP contribution in [0.15, 0.2) is 9.68 Å². The molecule has 1 heterocycles. The van der Waals surface area contributed by atoms with Crippen LogP contribution in [0.5, 0.6) is 0 Å². The summed E-state index contributed by atoms with van der Waals surface area (Å²) in [6.45, 7) is 1.78. The van der Waals surface area contributed by atoms with E-state index in [4.69, 9.17) is 39.6 Å². The molecule has 0 amide bonds. The highest BCUT2D eigenvalue weighted by atomic mass is 35.6. The van der Waals surface area contributed by atoms with Crippen molar-refractivity contribution in [3.8, 4) is 0 Å². The topological polar surface area (TPSA) is 86.8 Å². The van der Waals surface area contributed by atoms with Crippen LogP contribution in [0.3, 0.4) is 0 Å². The molecule has 1 aromatic rings. The van der Waals surface area contributed by atoms with Crippen molar-refractivity contribution in [3.05, 3.63) is 11.7 Å². The van der Waals surface area contributed by atoms with Crippen LogP contribution in [0.25, 0.3) is 0 Å². The van der Waals surface area contributed by atoms with E-state index in [0.29, 0.717) is 0 Å². The first-order valence-corrected chi connectivity index (χ1v) is 5.78. The quantitative estimate of drug-likeness (QED) is 0.357. The second-order valence-corrected chi connectivity index (χ2v) is 5.05. The van der Waals surface area contributed by atoms with E-state index in [1.54, 1.807) is 6.92 Å². The van der Waals surface area contributed by atoms with Crippen molar-refractivity contribution in [2.75, 3.05) is 6.61 Å². The van der Waals surface area contributed by atoms with Crippen molar-refractivity contribution >= 4 is 47.0 Å². The van der Waals surface area contributed by atoms with E-state index in [1.165, 1.54) is 0 Å². The Morgan fingerprint density at radius 1 is 1.56 bits per heavy atom. The van der Waals surface area contributed by atoms with Gasteiger partial charge in [-0.2, -0.15) is 4.98 Å². The fourth-order valence-electron chi connectivity index (χ4n) is 0.783. The van der Waals surface area contributed by atoms with Crippen molar-refractivity contribution < 1.29 is 18.9 Å². The van der Waals surface area contributed by atoms with E-state index < -0.39 is 9.76 Å². The Hall–Kier alpha value is -1.05. The SMILES string of the molecule is CCOC(=O)/C=N/OCc1noc(C(Cl)(Cl)Cl)n1. The number of oxime groups is 1. The van der Waals surface area contributed by atoms with Crippen LogP contribution in [0.1, 0.15) is 18.6 Å². The van der Waals surface area contributed by atoms with Crippen molar-refractivity contribution in [2.24, 2.45) is 5.16 Å². The average Bonchev–Trinajstić information content (AvgIpc) is 2.73. The van der Waals surface area contributed by atoms with Crippen LogP contribution in [-0.4, -0.2) is 28.9 Å². The zero-order chi connectivity index (χ0) is 13.6. The van der Waals surface area contributed by atoms with Crippen LogP contribution in [0, 0.1) is 0 Å². The first-order chi connectivity index (χ1) is 8.43. The summed E-state index contributed by atoms with van der Waals surface area (Å²) in [6.07, 6.45) is 0.874. The number of carbonyl (C=O) groups is 1. The third kappa shape index (κ3) is 5.07. The lowest BCUT2D eigenvalue weighted by Gasteiger charge is -2.01. The number of esters is 1. The first-order valence-electron chi connectivity index (χ1n) is 4.65. The lowest BCUT2D eigenvalue weighted by molar-refractivity contribution is -0.134. The summed E-state index contributed by atoms with van der Waals surface area (Å²) in [5, 5.41) is 6.82. The third-order valence-corrected chi connectivity index (χ3v) is 1.91. The van der Waals surface area contributed by atoms with Gasteiger partial charge in [-0.05, 0) is 6.92 Å². The summed E-state index contributed by atoms with van der Waals surface area (Å²) in [5.74, 6) is -0.676. The maximum atomic E-state index is 10.8. The molecule has 0 aromatic carbocycles. The summed E-state index contributed by atoms with van der Waals surface area (Å²) in [6, 6.07) is 0. The van der Waals surface area contributed by atoms with Gasteiger partial charge >= 0.3 is 5.97 Å². The van der Waals surface area contributed by atoms with E-state index in [0.717, 1.165) is 6.21 Å². The van der Waals surface area contributed by atoms with Crippen LogP contribution < -0.4 is 0 Å². The zero-order valence-electron chi connectivity index (χ0n) is 9.10. The Morgan fingerprint density at radius 2 is 2.28 bits per heavy atom. The number of hydrogen-bond donors (Lipinski definition) is 0. The van der Waals surface area contributed by atoms with Crippen LogP contribution >= 0.6 is 34.8 Å². The first kappa shape index (κ1) is 15.0. The lowest BCUT2D eigenvalue weighted by atomic mass is 10.6. The standard InChI is InChI=1S/C8H8Cl3N3O4/c1-2-16-6(15)3-12-17-4-5-13-7(18-14-5)8(9,10)11/h3H,2,4H2,1H3/b12-3+. The summed E-state index contributed by atoms with van der Waals surface area (Å²) in [7, 11) is 0. The van der Waals surface area contributed by atoms with Crippen molar-refractivity contribution in [3.63, 3.8) is 0 Å². The molecule has 0 bridgehead atoms. The minimum Gasteiger partial charge on any atom is -0.462 e. The van der Waals surface area contributed by atoms with Crippen LogP contribution in [0.2, 0.25) is 0 Å². The van der Waals surface area contributed by atoms with E-state index >= 15 is 0 Å². The normalized spacial score (nSPS) is 11.8. The zero-order valence-corrected chi connectivity index (χ0v) is 11.4. The Labute approximate surface area is 117 Å². The number of carbonyl (C=O) groups excluding carboxylic acids is 1. The fraction of sp³-hybridized carbons (Fsp3) is 0.500. The molecule has 0 fully saturated rings. The Bertz CT molecular complexity index is 429. The predicted octanol–water partition coefficient (Wildman–Crippen LogP) is 1.96. The Morgan fingerprint density at radius 3 is 2.83 bits per heavy atom. The molecule has 0 N–H and O–H groups in total. The number of hydrogen-bond acceptors (Lipinski definition) is 7. The maximum Gasteiger partial charge on any atom is 0.352 e. The molecule has 0 spiro atoms. The Kier molecular flexibility index (Phi) is 5.64. The molecule has 10 heteroatoms. The summed E-state index contributed by atoms with van der Waals surface area (Å²) in [5.41, 5.74) is 0. The fourth-order valence-corrected chi connectivity index (χ4v) is 1.01. The molecule has 0 aliphatic rings. The second-order valence-electron chi connectivity index (χ2n) is 2.77. The maximum absolute atomic E-state index is 10.8. The molecule has 0 aliphatic heterocycles.